The lowest BCUT2D eigenvalue weighted by Gasteiger charge is -2.37. The molecule has 2 saturated heterocycles. The van der Waals surface area contributed by atoms with E-state index in [0.29, 0.717) is 12.1 Å². The lowest BCUT2D eigenvalue weighted by molar-refractivity contribution is 0.0230. The van der Waals surface area contributed by atoms with Crippen LogP contribution in [0.2, 0.25) is 0 Å². The molecule has 24 heavy (non-hydrogen) atoms. The third-order valence-electron chi connectivity index (χ3n) is 5.80. The fourth-order valence-corrected chi connectivity index (χ4v) is 4.47. The van der Waals surface area contributed by atoms with Crippen molar-refractivity contribution in [2.24, 2.45) is 0 Å². The smallest absolute Gasteiger partial charge is 0.150 e. The SMILES string of the molecule is CC(C)N1CC(O)CC1c1nnc2n1CCN(C1CCOCC1)C2. The predicted molar refractivity (Wildman–Crippen MR) is 89.5 cm³/mol. The molecule has 0 radical (unpaired) electrons. The fraction of sp³-hybridized carbons (Fsp3) is 0.882. The first kappa shape index (κ1) is 16.4. The highest BCUT2D eigenvalue weighted by Gasteiger charge is 2.38. The number of hydrogen-bond acceptors (Lipinski definition) is 6. The minimum atomic E-state index is -0.257. The topological polar surface area (TPSA) is 66.7 Å². The Balaban J connectivity index is 1.52. The molecule has 3 aliphatic rings. The summed E-state index contributed by atoms with van der Waals surface area (Å²) >= 11 is 0. The maximum absolute atomic E-state index is 10.1. The molecule has 134 valence electrons. The second-order valence-corrected chi connectivity index (χ2v) is 7.64. The molecule has 3 aliphatic heterocycles. The molecule has 7 nitrogen and oxygen atoms in total. The van der Waals surface area contributed by atoms with Crippen LogP contribution >= 0.6 is 0 Å². The average molecular weight is 335 g/mol. The van der Waals surface area contributed by atoms with Crippen LogP contribution in [-0.4, -0.2) is 74.2 Å². The van der Waals surface area contributed by atoms with Gasteiger partial charge in [0.25, 0.3) is 0 Å². The summed E-state index contributed by atoms with van der Waals surface area (Å²) in [6.07, 6.45) is 2.75. The molecule has 2 fully saturated rings. The first-order valence-electron chi connectivity index (χ1n) is 9.31. The molecule has 1 aromatic rings. The zero-order chi connectivity index (χ0) is 16.7. The second kappa shape index (κ2) is 6.71. The van der Waals surface area contributed by atoms with Gasteiger partial charge >= 0.3 is 0 Å². The van der Waals surface area contributed by atoms with Crippen molar-refractivity contribution in [3.8, 4) is 0 Å². The molecule has 4 rings (SSSR count). The molecule has 0 aromatic carbocycles. The van der Waals surface area contributed by atoms with Gasteiger partial charge < -0.3 is 14.4 Å². The Hall–Kier alpha value is -1.02. The van der Waals surface area contributed by atoms with Crippen molar-refractivity contribution < 1.29 is 9.84 Å². The number of aliphatic hydroxyl groups excluding tert-OH is 1. The van der Waals surface area contributed by atoms with E-state index in [9.17, 15) is 5.11 Å². The van der Waals surface area contributed by atoms with E-state index in [-0.39, 0.29) is 12.1 Å². The summed E-state index contributed by atoms with van der Waals surface area (Å²) in [5.41, 5.74) is 0. The highest BCUT2D eigenvalue weighted by atomic mass is 16.5. The highest BCUT2D eigenvalue weighted by Crippen LogP contribution is 2.34. The van der Waals surface area contributed by atoms with E-state index >= 15 is 0 Å². The van der Waals surface area contributed by atoms with Crippen molar-refractivity contribution >= 4 is 0 Å². The van der Waals surface area contributed by atoms with Crippen LogP contribution in [0.1, 0.15) is 50.8 Å². The number of nitrogens with zero attached hydrogens (tertiary/aromatic N) is 5. The van der Waals surface area contributed by atoms with Crippen molar-refractivity contribution in [1.82, 2.24) is 24.6 Å². The number of aromatic nitrogens is 3. The van der Waals surface area contributed by atoms with Crippen molar-refractivity contribution in [1.29, 1.82) is 0 Å². The maximum atomic E-state index is 10.1. The molecule has 0 spiro atoms. The van der Waals surface area contributed by atoms with Gasteiger partial charge in [-0.15, -0.1) is 10.2 Å². The second-order valence-electron chi connectivity index (χ2n) is 7.64. The minimum absolute atomic E-state index is 0.191. The molecule has 0 aliphatic carbocycles. The number of aliphatic hydroxyl groups is 1. The standard InChI is InChI=1S/C17H29N5O2/c1-12(2)22-10-14(23)9-15(22)17-19-18-16-11-20(5-6-21(16)17)13-3-7-24-8-4-13/h12-15,23H,3-11H2,1-2H3. The first-order chi connectivity index (χ1) is 11.6. The maximum Gasteiger partial charge on any atom is 0.150 e. The molecule has 0 bridgehead atoms. The zero-order valence-electron chi connectivity index (χ0n) is 14.8. The van der Waals surface area contributed by atoms with Crippen molar-refractivity contribution in [2.45, 2.75) is 70.4 Å². The van der Waals surface area contributed by atoms with Crippen LogP contribution in [0.5, 0.6) is 0 Å². The van der Waals surface area contributed by atoms with Gasteiger partial charge in [0.1, 0.15) is 5.82 Å². The molecule has 4 heterocycles. The molecule has 0 amide bonds. The summed E-state index contributed by atoms with van der Waals surface area (Å²) in [4.78, 5) is 4.90. The van der Waals surface area contributed by atoms with E-state index in [4.69, 9.17) is 4.74 Å². The van der Waals surface area contributed by atoms with Crippen LogP contribution in [0.25, 0.3) is 0 Å². The van der Waals surface area contributed by atoms with Gasteiger partial charge in [-0.25, -0.2) is 0 Å². The molecular formula is C17H29N5O2. The molecule has 7 heteroatoms. The zero-order valence-corrected chi connectivity index (χ0v) is 14.8. The quantitative estimate of drug-likeness (QED) is 0.881. The Morgan fingerprint density at radius 2 is 1.96 bits per heavy atom. The van der Waals surface area contributed by atoms with Crippen LogP contribution in [0.3, 0.4) is 0 Å². The van der Waals surface area contributed by atoms with Gasteiger partial charge in [0.2, 0.25) is 0 Å². The van der Waals surface area contributed by atoms with Gasteiger partial charge in [-0.1, -0.05) is 0 Å². The lowest BCUT2D eigenvalue weighted by Crippen LogP contribution is -2.44. The summed E-state index contributed by atoms with van der Waals surface area (Å²) in [5, 5.41) is 19.1. The third kappa shape index (κ3) is 2.98. The monoisotopic (exact) mass is 335 g/mol. The largest absolute Gasteiger partial charge is 0.392 e. The number of rotatable bonds is 3. The van der Waals surface area contributed by atoms with E-state index < -0.39 is 0 Å². The van der Waals surface area contributed by atoms with Gasteiger partial charge in [0.15, 0.2) is 5.82 Å². The first-order valence-corrected chi connectivity index (χ1v) is 9.31. The van der Waals surface area contributed by atoms with Crippen LogP contribution < -0.4 is 0 Å². The number of likely N-dealkylation sites (tertiary alicyclic amines) is 1. The summed E-state index contributed by atoms with van der Waals surface area (Å²) in [5.74, 6) is 2.12. The lowest BCUT2D eigenvalue weighted by atomic mass is 10.1. The predicted octanol–water partition coefficient (Wildman–Crippen LogP) is 0.789. The van der Waals surface area contributed by atoms with Crippen LogP contribution in [0.4, 0.5) is 0 Å². The Labute approximate surface area is 143 Å². The number of ether oxygens (including phenoxy) is 1. The molecular weight excluding hydrogens is 306 g/mol. The van der Waals surface area contributed by atoms with E-state index in [1.807, 2.05) is 0 Å². The highest BCUT2D eigenvalue weighted by molar-refractivity contribution is 5.08. The summed E-state index contributed by atoms with van der Waals surface area (Å²) < 4.78 is 7.79. The van der Waals surface area contributed by atoms with Crippen molar-refractivity contribution in [2.75, 3.05) is 26.3 Å². The van der Waals surface area contributed by atoms with Gasteiger partial charge in [0.05, 0.1) is 18.7 Å². The van der Waals surface area contributed by atoms with E-state index in [1.165, 1.54) is 0 Å². The van der Waals surface area contributed by atoms with Gasteiger partial charge in [-0.05, 0) is 33.1 Å². The third-order valence-corrected chi connectivity index (χ3v) is 5.80. The molecule has 1 aromatic heterocycles. The normalized spacial score (nSPS) is 30.2. The van der Waals surface area contributed by atoms with Crippen LogP contribution in [0, 0.1) is 0 Å². The summed E-state index contributed by atoms with van der Waals surface area (Å²) in [6.45, 7) is 9.75. The fourth-order valence-electron chi connectivity index (χ4n) is 4.47. The molecule has 2 unspecified atom stereocenters. The number of hydrogen-bond donors (Lipinski definition) is 1. The summed E-state index contributed by atoms with van der Waals surface area (Å²) in [6, 6.07) is 1.21. The Bertz CT molecular complexity index is 569. The van der Waals surface area contributed by atoms with Gasteiger partial charge in [0, 0.05) is 44.9 Å². The van der Waals surface area contributed by atoms with Crippen LogP contribution in [-0.2, 0) is 17.8 Å². The average Bonchev–Trinajstić information content (AvgIpc) is 3.18. The Morgan fingerprint density at radius 3 is 2.71 bits per heavy atom. The van der Waals surface area contributed by atoms with Crippen molar-refractivity contribution in [3.05, 3.63) is 11.6 Å². The number of β-amino-alcohol motifs (C(OH)–C–C–N with tert-alkyl or cyclic N) is 1. The number of fused-ring (bicyclic) bond motifs is 1. The van der Waals surface area contributed by atoms with E-state index in [1.54, 1.807) is 0 Å². The Kier molecular flexibility index (Phi) is 4.60. The molecule has 1 N–H and O–H groups in total. The van der Waals surface area contributed by atoms with Crippen LogP contribution in [0.15, 0.2) is 0 Å². The van der Waals surface area contributed by atoms with E-state index in [0.717, 1.165) is 70.3 Å². The van der Waals surface area contributed by atoms with Gasteiger partial charge in [-0.3, -0.25) is 9.80 Å². The van der Waals surface area contributed by atoms with Gasteiger partial charge in [-0.2, -0.15) is 0 Å². The van der Waals surface area contributed by atoms with Crippen molar-refractivity contribution in [3.63, 3.8) is 0 Å². The summed E-state index contributed by atoms with van der Waals surface area (Å²) in [7, 11) is 0. The Morgan fingerprint density at radius 1 is 1.17 bits per heavy atom. The molecule has 0 saturated carbocycles. The van der Waals surface area contributed by atoms with E-state index in [2.05, 4.69) is 38.4 Å². The minimum Gasteiger partial charge on any atom is -0.392 e. The molecule has 2 atom stereocenters.